The van der Waals surface area contributed by atoms with E-state index >= 15 is 0 Å². The molecule has 1 aliphatic heterocycles. The maximum absolute atomic E-state index is 10.4. The van der Waals surface area contributed by atoms with Gasteiger partial charge in [-0.1, -0.05) is 6.92 Å². The number of hydrogen-bond acceptors (Lipinski definition) is 2. The van der Waals surface area contributed by atoms with Crippen molar-refractivity contribution in [2.45, 2.75) is 19.8 Å². The Balaban J connectivity index is 2.13. The van der Waals surface area contributed by atoms with Gasteiger partial charge in [0, 0.05) is 12.5 Å². The van der Waals surface area contributed by atoms with Gasteiger partial charge >= 0.3 is 0 Å². The summed E-state index contributed by atoms with van der Waals surface area (Å²) in [7, 11) is 0. The molecule has 0 radical (unpaired) electrons. The van der Waals surface area contributed by atoms with Crippen LogP contribution in [-0.2, 0) is 4.79 Å². The fraction of sp³-hybridized carbons (Fsp3) is 0.875. The lowest BCUT2D eigenvalue weighted by Gasteiger charge is -2.32. The number of carbonyl (C=O) groups excluding carboxylic acids is 1. The predicted molar refractivity (Wildman–Crippen MR) is 40.9 cm³/mol. The van der Waals surface area contributed by atoms with Gasteiger partial charge in [0.1, 0.15) is 6.29 Å². The van der Waals surface area contributed by atoms with Crippen LogP contribution in [0, 0.1) is 5.92 Å². The van der Waals surface area contributed by atoms with E-state index in [0.29, 0.717) is 0 Å². The van der Waals surface area contributed by atoms with Gasteiger partial charge in [-0.3, -0.25) is 0 Å². The molecule has 0 bridgehead atoms. The van der Waals surface area contributed by atoms with Crippen LogP contribution in [0.15, 0.2) is 0 Å². The van der Waals surface area contributed by atoms with E-state index < -0.39 is 0 Å². The van der Waals surface area contributed by atoms with Gasteiger partial charge < -0.3 is 9.69 Å². The molecule has 0 aromatic rings. The lowest BCUT2D eigenvalue weighted by Crippen LogP contribution is -2.40. The Kier molecular flexibility index (Phi) is 2.87. The van der Waals surface area contributed by atoms with Crippen molar-refractivity contribution in [2.75, 3.05) is 19.6 Å². The topological polar surface area (TPSA) is 20.3 Å². The largest absolute Gasteiger partial charge is 0.303 e. The van der Waals surface area contributed by atoms with Crippen molar-refractivity contribution in [1.29, 1.82) is 0 Å². The van der Waals surface area contributed by atoms with Gasteiger partial charge in [-0.25, -0.2) is 0 Å². The maximum Gasteiger partial charge on any atom is 0.124 e. The average Bonchev–Trinajstić information content (AvgIpc) is 1.87. The number of likely N-dealkylation sites (tertiary alicyclic amines) is 1. The molecule has 1 saturated heterocycles. The van der Waals surface area contributed by atoms with Gasteiger partial charge in [-0.05, 0) is 25.9 Å². The van der Waals surface area contributed by atoms with Crippen molar-refractivity contribution in [3.8, 4) is 0 Å². The average molecular weight is 141 g/mol. The lowest BCUT2D eigenvalue weighted by molar-refractivity contribution is -0.112. The second-order valence-electron chi connectivity index (χ2n) is 2.96. The summed E-state index contributed by atoms with van der Waals surface area (Å²) in [5.41, 5.74) is 0. The molecule has 1 unspecified atom stereocenters. The molecule has 1 aliphatic rings. The summed E-state index contributed by atoms with van der Waals surface area (Å²) >= 11 is 0. The van der Waals surface area contributed by atoms with Crippen LogP contribution in [0.1, 0.15) is 19.8 Å². The molecule has 0 N–H and O–H groups in total. The summed E-state index contributed by atoms with van der Waals surface area (Å²) < 4.78 is 0. The van der Waals surface area contributed by atoms with E-state index in [2.05, 4.69) is 11.8 Å². The summed E-state index contributed by atoms with van der Waals surface area (Å²) in [5, 5.41) is 0. The smallest absolute Gasteiger partial charge is 0.124 e. The van der Waals surface area contributed by atoms with E-state index in [1.165, 1.54) is 19.5 Å². The fourth-order valence-electron chi connectivity index (χ4n) is 1.16. The zero-order valence-corrected chi connectivity index (χ0v) is 6.55. The Bertz CT molecular complexity index is 110. The minimum atomic E-state index is 0.278. The predicted octanol–water partition coefficient (Wildman–Crippen LogP) is 0.917. The van der Waals surface area contributed by atoms with Crippen LogP contribution >= 0.6 is 0 Å². The van der Waals surface area contributed by atoms with Crippen molar-refractivity contribution >= 4 is 6.29 Å². The summed E-state index contributed by atoms with van der Waals surface area (Å²) in [5.74, 6) is 0.278. The third kappa shape index (κ3) is 1.81. The van der Waals surface area contributed by atoms with Crippen LogP contribution in [0.25, 0.3) is 0 Å². The number of carbonyl (C=O) groups is 1. The molecule has 0 amide bonds. The third-order valence-corrected chi connectivity index (χ3v) is 2.16. The normalized spacial score (nSPS) is 21.7. The highest BCUT2D eigenvalue weighted by Crippen LogP contribution is 2.09. The standard InChI is InChI=1S/C8H15NO/c1-2-8(7-10)6-9-4-3-5-9/h7-8H,2-6H2,1H3. The number of hydrogen-bond donors (Lipinski definition) is 0. The first-order chi connectivity index (χ1) is 4.86. The van der Waals surface area contributed by atoms with Gasteiger partial charge in [0.05, 0.1) is 0 Å². The van der Waals surface area contributed by atoms with Gasteiger partial charge in [-0.2, -0.15) is 0 Å². The van der Waals surface area contributed by atoms with Gasteiger partial charge in [0.15, 0.2) is 0 Å². The van der Waals surface area contributed by atoms with E-state index in [1.54, 1.807) is 0 Å². The van der Waals surface area contributed by atoms with Crippen LogP contribution in [0.5, 0.6) is 0 Å². The van der Waals surface area contributed by atoms with Crippen LogP contribution < -0.4 is 0 Å². The first kappa shape index (κ1) is 7.73. The Morgan fingerprint density at radius 3 is 2.60 bits per heavy atom. The van der Waals surface area contributed by atoms with E-state index in [0.717, 1.165) is 19.3 Å². The molecule has 1 atom stereocenters. The van der Waals surface area contributed by atoms with E-state index in [9.17, 15) is 4.79 Å². The minimum Gasteiger partial charge on any atom is -0.303 e. The molecule has 1 fully saturated rings. The van der Waals surface area contributed by atoms with Crippen molar-refractivity contribution < 1.29 is 4.79 Å². The molecule has 2 nitrogen and oxygen atoms in total. The summed E-state index contributed by atoms with van der Waals surface area (Å²) in [6, 6.07) is 0. The molecular weight excluding hydrogens is 126 g/mol. The molecule has 0 aliphatic carbocycles. The Labute approximate surface area is 62.2 Å². The molecule has 0 aromatic heterocycles. The number of rotatable bonds is 4. The SMILES string of the molecule is CCC(C=O)CN1CCC1. The quantitative estimate of drug-likeness (QED) is 0.542. The minimum absolute atomic E-state index is 0.278. The van der Waals surface area contributed by atoms with Gasteiger partial charge in [0.2, 0.25) is 0 Å². The molecule has 0 aromatic carbocycles. The van der Waals surface area contributed by atoms with Crippen molar-refractivity contribution in [3.63, 3.8) is 0 Å². The zero-order valence-electron chi connectivity index (χ0n) is 6.55. The van der Waals surface area contributed by atoms with Crippen LogP contribution in [0.3, 0.4) is 0 Å². The van der Waals surface area contributed by atoms with Gasteiger partial charge in [-0.15, -0.1) is 0 Å². The molecule has 58 valence electrons. The number of nitrogens with zero attached hydrogens (tertiary/aromatic N) is 1. The van der Waals surface area contributed by atoms with E-state index in [1.807, 2.05) is 0 Å². The first-order valence-corrected chi connectivity index (χ1v) is 4.04. The molecule has 2 heteroatoms. The molecule has 1 heterocycles. The Morgan fingerprint density at radius 2 is 2.30 bits per heavy atom. The molecular formula is C8H15NO. The van der Waals surface area contributed by atoms with Gasteiger partial charge in [0.25, 0.3) is 0 Å². The zero-order chi connectivity index (χ0) is 7.40. The lowest BCUT2D eigenvalue weighted by atomic mass is 10.1. The molecule has 1 rings (SSSR count). The highest BCUT2D eigenvalue weighted by Gasteiger charge is 2.16. The summed E-state index contributed by atoms with van der Waals surface area (Å²) in [4.78, 5) is 12.7. The van der Waals surface area contributed by atoms with E-state index in [4.69, 9.17) is 0 Å². The van der Waals surface area contributed by atoms with Crippen molar-refractivity contribution in [2.24, 2.45) is 5.92 Å². The highest BCUT2D eigenvalue weighted by atomic mass is 16.1. The fourth-order valence-corrected chi connectivity index (χ4v) is 1.16. The highest BCUT2D eigenvalue weighted by molar-refractivity contribution is 5.53. The van der Waals surface area contributed by atoms with Crippen LogP contribution in [0.4, 0.5) is 0 Å². The maximum atomic E-state index is 10.4. The summed E-state index contributed by atoms with van der Waals surface area (Å²) in [6.07, 6.45) is 3.38. The first-order valence-electron chi connectivity index (χ1n) is 4.04. The molecule has 0 spiro atoms. The Morgan fingerprint density at radius 1 is 1.60 bits per heavy atom. The Hall–Kier alpha value is -0.370. The number of aldehydes is 1. The molecule has 0 saturated carbocycles. The second kappa shape index (κ2) is 3.71. The van der Waals surface area contributed by atoms with Crippen molar-refractivity contribution in [1.82, 2.24) is 4.90 Å². The third-order valence-electron chi connectivity index (χ3n) is 2.16. The monoisotopic (exact) mass is 141 g/mol. The van der Waals surface area contributed by atoms with Crippen LogP contribution in [0.2, 0.25) is 0 Å². The molecule has 10 heavy (non-hydrogen) atoms. The van der Waals surface area contributed by atoms with Crippen molar-refractivity contribution in [3.05, 3.63) is 0 Å². The van der Waals surface area contributed by atoms with E-state index in [-0.39, 0.29) is 5.92 Å². The summed E-state index contributed by atoms with van der Waals surface area (Å²) in [6.45, 7) is 5.45. The van der Waals surface area contributed by atoms with Crippen LogP contribution in [-0.4, -0.2) is 30.8 Å². The second-order valence-corrected chi connectivity index (χ2v) is 2.96.